The molecule has 0 aromatic carbocycles. The van der Waals surface area contributed by atoms with Gasteiger partial charge in [-0.1, -0.05) is 6.92 Å². The number of methoxy groups -OCH3 is 1. The van der Waals surface area contributed by atoms with Crippen molar-refractivity contribution >= 4 is 5.82 Å². The van der Waals surface area contributed by atoms with Crippen molar-refractivity contribution in [3.8, 4) is 0 Å². The van der Waals surface area contributed by atoms with Gasteiger partial charge < -0.3 is 15.0 Å². The van der Waals surface area contributed by atoms with E-state index in [0.717, 1.165) is 30.9 Å². The minimum atomic E-state index is -0.264. The lowest BCUT2D eigenvalue weighted by Gasteiger charge is -2.37. The standard InChI is InChI=1S/C16H24FN3O/c1-11-5-6-20(10-15(11)21-2)16-12(7-13(17)9-19-16)8-18-14-3-4-14/h7,9,11,14-15,18H,3-6,8,10H2,1-2H3. The Bertz CT molecular complexity index is 492. The smallest absolute Gasteiger partial charge is 0.141 e. The molecule has 2 heterocycles. The molecular weight excluding hydrogens is 269 g/mol. The van der Waals surface area contributed by atoms with Crippen LogP contribution in [0.25, 0.3) is 0 Å². The molecule has 1 aromatic rings. The monoisotopic (exact) mass is 293 g/mol. The summed E-state index contributed by atoms with van der Waals surface area (Å²) in [5.74, 6) is 1.19. The van der Waals surface area contributed by atoms with Gasteiger partial charge in [-0.15, -0.1) is 0 Å². The summed E-state index contributed by atoms with van der Waals surface area (Å²) >= 11 is 0. The first kappa shape index (κ1) is 14.7. The van der Waals surface area contributed by atoms with Crippen LogP contribution in [0, 0.1) is 11.7 Å². The van der Waals surface area contributed by atoms with Gasteiger partial charge in [-0.3, -0.25) is 0 Å². The molecule has 21 heavy (non-hydrogen) atoms. The number of nitrogens with one attached hydrogen (secondary N) is 1. The molecule has 1 aliphatic heterocycles. The lowest BCUT2D eigenvalue weighted by Crippen LogP contribution is -2.44. The normalized spacial score (nSPS) is 26.1. The molecule has 5 heteroatoms. The fourth-order valence-electron chi connectivity index (χ4n) is 2.96. The van der Waals surface area contributed by atoms with Gasteiger partial charge in [-0.05, 0) is 31.2 Å². The number of halogens is 1. The average Bonchev–Trinajstić information content (AvgIpc) is 3.30. The van der Waals surface area contributed by atoms with E-state index in [2.05, 4.69) is 22.1 Å². The summed E-state index contributed by atoms with van der Waals surface area (Å²) in [5, 5.41) is 3.45. The van der Waals surface area contributed by atoms with Crippen LogP contribution in [0.4, 0.5) is 10.2 Å². The van der Waals surface area contributed by atoms with E-state index < -0.39 is 0 Å². The SMILES string of the molecule is COC1CN(c2ncc(F)cc2CNC2CC2)CCC1C. The zero-order chi connectivity index (χ0) is 14.8. The zero-order valence-corrected chi connectivity index (χ0v) is 12.8. The van der Waals surface area contributed by atoms with Crippen LogP contribution in [0.3, 0.4) is 0 Å². The van der Waals surface area contributed by atoms with Gasteiger partial charge in [0, 0.05) is 38.3 Å². The van der Waals surface area contributed by atoms with E-state index in [1.54, 1.807) is 13.2 Å². The molecule has 1 N–H and O–H groups in total. The molecule has 0 spiro atoms. The van der Waals surface area contributed by atoms with E-state index in [1.807, 2.05) is 0 Å². The Labute approximate surface area is 125 Å². The van der Waals surface area contributed by atoms with Crippen LogP contribution >= 0.6 is 0 Å². The largest absolute Gasteiger partial charge is 0.379 e. The molecule has 2 fully saturated rings. The number of hydrogen-bond acceptors (Lipinski definition) is 4. The molecule has 2 aliphatic rings. The number of ether oxygens (including phenoxy) is 1. The number of nitrogens with zero attached hydrogens (tertiary/aromatic N) is 2. The second kappa shape index (κ2) is 6.28. The highest BCUT2D eigenvalue weighted by molar-refractivity contribution is 5.47. The van der Waals surface area contributed by atoms with Gasteiger partial charge >= 0.3 is 0 Å². The average molecular weight is 293 g/mol. The summed E-state index contributed by atoms with van der Waals surface area (Å²) in [6.07, 6.45) is 5.06. The Morgan fingerprint density at radius 3 is 2.95 bits per heavy atom. The van der Waals surface area contributed by atoms with E-state index in [9.17, 15) is 4.39 Å². The van der Waals surface area contributed by atoms with Crippen molar-refractivity contribution in [1.29, 1.82) is 0 Å². The maximum atomic E-state index is 13.5. The third-order valence-electron chi connectivity index (χ3n) is 4.56. The Balaban J connectivity index is 1.76. The Kier molecular flexibility index (Phi) is 4.40. The van der Waals surface area contributed by atoms with Gasteiger partial charge in [0.2, 0.25) is 0 Å². The lowest BCUT2D eigenvalue weighted by atomic mass is 9.95. The molecule has 2 atom stereocenters. The molecular formula is C16H24FN3O. The van der Waals surface area contributed by atoms with E-state index in [4.69, 9.17) is 4.74 Å². The lowest BCUT2D eigenvalue weighted by molar-refractivity contribution is 0.0496. The highest BCUT2D eigenvalue weighted by Crippen LogP contribution is 2.27. The zero-order valence-electron chi connectivity index (χ0n) is 12.8. The molecule has 2 unspecified atom stereocenters. The van der Waals surface area contributed by atoms with Crippen LogP contribution in [0.2, 0.25) is 0 Å². The molecule has 116 valence electrons. The highest BCUT2D eigenvalue weighted by Gasteiger charge is 2.28. The molecule has 4 nitrogen and oxygen atoms in total. The van der Waals surface area contributed by atoms with Crippen molar-refractivity contribution < 1.29 is 9.13 Å². The molecule has 0 bridgehead atoms. The molecule has 1 aromatic heterocycles. The molecule has 1 saturated heterocycles. The molecule has 0 radical (unpaired) electrons. The maximum Gasteiger partial charge on any atom is 0.141 e. The third-order valence-corrected chi connectivity index (χ3v) is 4.56. The summed E-state index contributed by atoms with van der Waals surface area (Å²) < 4.78 is 19.1. The number of aromatic nitrogens is 1. The molecule has 0 amide bonds. The maximum absolute atomic E-state index is 13.5. The van der Waals surface area contributed by atoms with Crippen LogP contribution in [0.1, 0.15) is 31.7 Å². The quantitative estimate of drug-likeness (QED) is 0.904. The van der Waals surface area contributed by atoms with E-state index in [-0.39, 0.29) is 11.9 Å². The first-order chi connectivity index (χ1) is 10.2. The van der Waals surface area contributed by atoms with Crippen LogP contribution in [0.5, 0.6) is 0 Å². The summed E-state index contributed by atoms with van der Waals surface area (Å²) in [5.41, 5.74) is 0.950. The summed E-state index contributed by atoms with van der Waals surface area (Å²) in [4.78, 5) is 6.58. The fraction of sp³-hybridized carbons (Fsp3) is 0.688. The van der Waals surface area contributed by atoms with E-state index in [1.165, 1.54) is 19.0 Å². The van der Waals surface area contributed by atoms with Crippen LogP contribution < -0.4 is 10.2 Å². The van der Waals surface area contributed by atoms with Crippen molar-refractivity contribution in [2.75, 3.05) is 25.1 Å². The van der Waals surface area contributed by atoms with Gasteiger partial charge in [-0.25, -0.2) is 9.37 Å². The van der Waals surface area contributed by atoms with Crippen LogP contribution in [-0.4, -0.2) is 37.3 Å². The van der Waals surface area contributed by atoms with Crippen LogP contribution in [-0.2, 0) is 11.3 Å². The van der Waals surface area contributed by atoms with Crippen molar-refractivity contribution in [3.05, 3.63) is 23.6 Å². The molecule has 1 saturated carbocycles. The summed E-state index contributed by atoms with van der Waals surface area (Å²) in [6.45, 7) is 4.69. The Morgan fingerprint density at radius 2 is 2.24 bits per heavy atom. The second-order valence-electron chi connectivity index (χ2n) is 6.28. The Hall–Kier alpha value is -1.20. The molecule has 1 aliphatic carbocycles. The topological polar surface area (TPSA) is 37.4 Å². The molecule has 3 rings (SSSR count). The van der Waals surface area contributed by atoms with Gasteiger partial charge in [-0.2, -0.15) is 0 Å². The first-order valence-corrected chi connectivity index (χ1v) is 7.83. The minimum absolute atomic E-state index is 0.217. The van der Waals surface area contributed by atoms with Crippen molar-refractivity contribution in [1.82, 2.24) is 10.3 Å². The van der Waals surface area contributed by atoms with Crippen LogP contribution in [0.15, 0.2) is 12.3 Å². The predicted molar refractivity (Wildman–Crippen MR) is 80.8 cm³/mol. The van der Waals surface area contributed by atoms with E-state index in [0.29, 0.717) is 18.5 Å². The number of piperidine rings is 1. The number of hydrogen-bond donors (Lipinski definition) is 1. The predicted octanol–water partition coefficient (Wildman–Crippen LogP) is 2.33. The van der Waals surface area contributed by atoms with Gasteiger partial charge in [0.15, 0.2) is 0 Å². The summed E-state index contributed by atoms with van der Waals surface area (Å²) in [7, 11) is 1.76. The second-order valence-corrected chi connectivity index (χ2v) is 6.28. The fourth-order valence-corrected chi connectivity index (χ4v) is 2.96. The van der Waals surface area contributed by atoms with Gasteiger partial charge in [0.05, 0.1) is 12.3 Å². The third kappa shape index (κ3) is 3.52. The highest BCUT2D eigenvalue weighted by atomic mass is 19.1. The minimum Gasteiger partial charge on any atom is -0.379 e. The van der Waals surface area contributed by atoms with Crippen molar-refractivity contribution in [2.24, 2.45) is 5.92 Å². The van der Waals surface area contributed by atoms with Gasteiger partial charge in [0.1, 0.15) is 11.6 Å². The van der Waals surface area contributed by atoms with Crippen molar-refractivity contribution in [2.45, 2.75) is 44.9 Å². The first-order valence-electron chi connectivity index (χ1n) is 7.83. The number of pyridine rings is 1. The van der Waals surface area contributed by atoms with Crippen molar-refractivity contribution in [3.63, 3.8) is 0 Å². The number of anilines is 1. The van der Waals surface area contributed by atoms with Gasteiger partial charge in [0.25, 0.3) is 0 Å². The summed E-state index contributed by atoms with van der Waals surface area (Å²) in [6, 6.07) is 2.21. The van der Waals surface area contributed by atoms with E-state index >= 15 is 0 Å². The Morgan fingerprint density at radius 1 is 1.43 bits per heavy atom. The number of rotatable bonds is 5.